The first-order valence-corrected chi connectivity index (χ1v) is 10.1. The van der Waals surface area contributed by atoms with E-state index >= 15 is 0 Å². The van der Waals surface area contributed by atoms with E-state index in [1.165, 1.54) is 25.7 Å². The maximum absolute atomic E-state index is 11.7. The Morgan fingerprint density at radius 3 is 2.45 bits per heavy atom. The summed E-state index contributed by atoms with van der Waals surface area (Å²) >= 11 is 0. The van der Waals surface area contributed by atoms with Gasteiger partial charge in [-0.25, -0.2) is 0 Å². The average molecular weight is 324 g/mol. The molecule has 0 spiro atoms. The van der Waals surface area contributed by atoms with E-state index in [2.05, 4.69) is 13.0 Å². The lowest BCUT2D eigenvalue weighted by molar-refractivity contribution is 0.439. The van der Waals surface area contributed by atoms with Crippen molar-refractivity contribution in [1.82, 2.24) is 0 Å². The smallest absolute Gasteiger partial charge is 0.282 e. The minimum absolute atomic E-state index is 0.132. The van der Waals surface area contributed by atoms with Crippen LogP contribution in [0.3, 0.4) is 0 Å². The second-order valence-corrected chi connectivity index (χ2v) is 7.83. The Kier molecular flexibility index (Phi) is 6.45. The van der Waals surface area contributed by atoms with Gasteiger partial charge in [-0.15, -0.1) is 0 Å². The SMILES string of the molecule is CCCCCCc1c(C2CCCCC2)cccc1S(=O)(=O)O. The van der Waals surface area contributed by atoms with E-state index in [1.807, 2.05) is 0 Å². The van der Waals surface area contributed by atoms with Crippen LogP contribution in [0.1, 0.15) is 81.8 Å². The van der Waals surface area contributed by atoms with E-state index in [-0.39, 0.29) is 4.90 Å². The van der Waals surface area contributed by atoms with Gasteiger partial charge >= 0.3 is 0 Å². The van der Waals surface area contributed by atoms with Crippen molar-refractivity contribution in [2.24, 2.45) is 0 Å². The summed E-state index contributed by atoms with van der Waals surface area (Å²) < 4.78 is 33.0. The molecule has 3 nitrogen and oxygen atoms in total. The zero-order valence-electron chi connectivity index (χ0n) is 13.6. The number of rotatable bonds is 7. The molecule has 0 atom stereocenters. The minimum Gasteiger partial charge on any atom is -0.282 e. The molecule has 1 fully saturated rings. The molecule has 1 aromatic carbocycles. The molecule has 0 amide bonds. The van der Waals surface area contributed by atoms with Gasteiger partial charge in [0.2, 0.25) is 0 Å². The molecule has 0 aromatic heterocycles. The van der Waals surface area contributed by atoms with E-state index in [4.69, 9.17) is 0 Å². The second-order valence-electron chi connectivity index (χ2n) is 6.44. The van der Waals surface area contributed by atoms with Gasteiger partial charge in [0.15, 0.2) is 0 Å². The Bertz CT molecular complexity index is 572. The topological polar surface area (TPSA) is 54.4 Å². The molecular formula is C18H28O3S. The van der Waals surface area contributed by atoms with Gasteiger partial charge in [-0.1, -0.05) is 57.6 Å². The Balaban J connectivity index is 2.30. The van der Waals surface area contributed by atoms with Gasteiger partial charge in [-0.2, -0.15) is 8.42 Å². The average Bonchev–Trinajstić information content (AvgIpc) is 2.51. The zero-order valence-corrected chi connectivity index (χ0v) is 14.4. The van der Waals surface area contributed by atoms with Crippen molar-refractivity contribution in [2.75, 3.05) is 0 Å². The van der Waals surface area contributed by atoms with Crippen LogP contribution in [-0.2, 0) is 16.5 Å². The van der Waals surface area contributed by atoms with Crippen LogP contribution in [0.5, 0.6) is 0 Å². The Morgan fingerprint density at radius 1 is 1.09 bits per heavy atom. The van der Waals surface area contributed by atoms with Crippen LogP contribution in [0.15, 0.2) is 23.1 Å². The van der Waals surface area contributed by atoms with Crippen LogP contribution in [0.2, 0.25) is 0 Å². The molecule has 4 heteroatoms. The lowest BCUT2D eigenvalue weighted by Gasteiger charge is -2.25. The van der Waals surface area contributed by atoms with Gasteiger partial charge in [0, 0.05) is 0 Å². The third-order valence-electron chi connectivity index (χ3n) is 4.77. The summed E-state index contributed by atoms with van der Waals surface area (Å²) in [5.74, 6) is 0.455. The van der Waals surface area contributed by atoms with E-state index in [1.54, 1.807) is 12.1 Å². The van der Waals surface area contributed by atoms with Crippen molar-refractivity contribution in [1.29, 1.82) is 0 Å². The van der Waals surface area contributed by atoms with Crippen LogP contribution < -0.4 is 0 Å². The Hall–Kier alpha value is -0.870. The number of hydrogen-bond acceptors (Lipinski definition) is 2. The van der Waals surface area contributed by atoms with Crippen LogP contribution in [-0.4, -0.2) is 13.0 Å². The Labute approximate surface area is 134 Å². The van der Waals surface area contributed by atoms with Gasteiger partial charge in [-0.3, -0.25) is 4.55 Å². The summed E-state index contributed by atoms with van der Waals surface area (Å²) in [5, 5.41) is 0. The van der Waals surface area contributed by atoms with Gasteiger partial charge < -0.3 is 0 Å². The van der Waals surface area contributed by atoms with Gasteiger partial charge in [0.05, 0.1) is 4.90 Å². The van der Waals surface area contributed by atoms with Crippen LogP contribution >= 0.6 is 0 Å². The van der Waals surface area contributed by atoms with Crippen molar-refractivity contribution in [3.8, 4) is 0 Å². The summed E-state index contributed by atoms with van der Waals surface area (Å²) in [5.41, 5.74) is 2.03. The van der Waals surface area contributed by atoms with Crippen molar-refractivity contribution in [3.05, 3.63) is 29.3 Å². The number of hydrogen-bond donors (Lipinski definition) is 1. The molecule has 0 heterocycles. The maximum Gasteiger partial charge on any atom is 0.294 e. The lowest BCUT2D eigenvalue weighted by Crippen LogP contribution is -2.12. The van der Waals surface area contributed by atoms with Crippen molar-refractivity contribution >= 4 is 10.1 Å². The fraction of sp³-hybridized carbons (Fsp3) is 0.667. The molecule has 22 heavy (non-hydrogen) atoms. The number of benzene rings is 1. The molecule has 0 radical (unpaired) electrons. The van der Waals surface area contributed by atoms with Crippen LogP contribution in [0.4, 0.5) is 0 Å². The molecule has 0 saturated heterocycles. The third kappa shape index (κ3) is 4.56. The highest BCUT2D eigenvalue weighted by Crippen LogP contribution is 2.37. The third-order valence-corrected chi connectivity index (χ3v) is 5.71. The van der Waals surface area contributed by atoms with Crippen molar-refractivity contribution in [2.45, 2.75) is 81.9 Å². The van der Waals surface area contributed by atoms with Gasteiger partial charge in [-0.05, 0) is 48.8 Å². The summed E-state index contributed by atoms with van der Waals surface area (Å²) in [6.07, 6.45) is 11.2. The molecule has 124 valence electrons. The highest BCUT2D eigenvalue weighted by Gasteiger charge is 2.23. The van der Waals surface area contributed by atoms with E-state index in [9.17, 15) is 13.0 Å². The monoisotopic (exact) mass is 324 g/mol. The van der Waals surface area contributed by atoms with Gasteiger partial charge in [0.1, 0.15) is 0 Å². The zero-order chi connectivity index (χ0) is 16.0. The quantitative estimate of drug-likeness (QED) is 0.560. The van der Waals surface area contributed by atoms with Crippen LogP contribution in [0, 0.1) is 0 Å². The molecule has 1 aliphatic carbocycles. The highest BCUT2D eigenvalue weighted by atomic mass is 32.2. The molecule has 0 aliphatic heterocycles. The fourth-order valence-electron chi connectivity index (χ4n) is 3.62. The summed E-state index contributed by atoms with van der Waals surface area (Å²) in [7, 11) is -4.14. The Morgan fingerprint density at radius 2 is 1.82 bits per heavy atom. The predicted molar refractivity (Wildman–Crippen MR) is 89.9 cm³/mol. The maximum atomic E-state index is 11.7. The van der Waals surface area contributed by atoms with E-state index < -0.39 is 10.1 Å². The first kappa shape index (κ1) is 17.5. The van der Waals surface area contributed by atoms with Crippen molar-refractivity contribution < 1.29 is 13.0 Å². The molecule has 1 N–H and O–H groups in total. The molecule has 2 rings (SSSR count). The first-order chi connectivity index (χ1) is 10.5. The largest absolute Gasteiger partial charge is 0.294 e. The number of unbranched alkanes of at least 4 members (excludes halogenated alkanes) is 3. The van der Waals surface area contributed by atoms with E-state index in [0.29, 0.717) is 5.92 Å². The second kappa shape index (κ2) is 8.11. The van der Waals surface area contributed by atoms with E-state index in [0.717, 1.165) is 49.7 Å². The summed E-state index contributed by atoms with van der Waals surface area (Å²) in [6, 6.07) is 5.40. The fourth-order valence-corrected chi connectivity index (χ4v) is 4.40. The molecule has 0 unspecified atom stereocenters. The first-order valence-electron chi connectivity index (χ1n) is 8.63. The molecule has 1 aliphatic rings. The predicted octanol–water partition coefficient (Wildman–Crippen LogP) is 5.10. The van der Waals surface area contributed by atoms with Gasteiger partial charge in [0.25, 0.3) is 10.1 Å². The molecular weight excluding hydrogens is 296 g/mol. The molecule has 1 aromatic rings. The lowest BCUT2D eigenvalue weighted by atomic mass is 9.81. The minimum atomic E-state index is -4.14. The standard InChI is InChI=1S/C18H28O3S/c1-2-3-4-8-12-17-16(15-10-6-5-7-11-15)13-9-14-18(17)22(19,20)21/h9,13-15H,2-8,10-12H2,1H3,(H,19,20,21). The summed E-state index contributed by atoms with van der Waals surface area (Å²) in [6.45, 7) is 2.17. The van der Waals surface area contributed by atoms with Crippen molar-refractivity contribution in [3.63, 3.8) is 0 Å². The normalized spacial score (nSPS) is 16.8. The molecule has 1 saturated carbocycles. The highest BCUT2D eigenvalue weighted by molar-refractivity contribution is 7.85. The van der Waals surface area contributed by atoms with Crippen LogP contribution in [0.25, 0.3) is 0 Å². The summed E-state index contributed by atoms with van der Waals surface area (Å²) in [4.78, 5) is 0.132. The molecule has 0 bridgehead atoms.